The van der Waals surface area contributed by atoms with Gasteiger partial charge in [-0.15, -0.1) is 0 Å². The molecule has 7 nitrogen and oxygen atoms in total. The summed E-state index contributed by atoms with van der Waals surface area (Å²) in [5.41, 5.74) is 5.35. The van der Waals surface area contributed by atoms with Crippen LogP contribution in [0.15, 0.2) is 48.5 Å². The molecule has 26 heavy (non-hydrogen) atoms. The lowest BCUT2D eigenvalue weighted by Gasteiger charge is -2.09. The molecule has 0 fully saturated rings. The van der Waals surface area contributed by atoms with Crippen LogP contribution in [0.4, 0.5) is 0 Å². The number of nitrogens with one attached hydrogen (secondary N) is 2. The van der Waals surface area contributed by atoms with Crippen molar-refractivity contribution in [2.75, 3.05) is 13.7 Å². The summed E-state index contributed by atoms with van der Waals surface area (Å²) in [5, 5.41) is 0.493. The summed E-state index contributed by atoms with van der Waals surface area (Å²) in [7, 11) is 1.50. The molecule has 0 aromatic heterocycles. The van der Waals surface area contributed by atoms with Gasteiger partial charge in [0, 0.05) is 16.1 Å². The zero-order valence-corrected chi connectivity index (χ0v) is 14.7. The van der Waals surface area contributed by atoms with E-state index in [4.69, 9.17) is 21.1 Å². The number of carbonyl (C=O) groups is 3. The van der Waals surface area contributed by atoms with E-state index < -0.39 is 24.4 Å². The SMILES string of the molecule is COc1ccccc1CC(=O)OCC(=O)NNC(=O)c1ccc(Cl)cc1. The summed E-state index contributed by atoms with van der Waals surface area (Å²) in [6.45, 7) is -0.519. The van der Waals surface area contributed by atoms with Crippen molar-refractivity contribution in [2.45, 2.75) is 6.42 Å². The van der Waals surface area contributed by atoms with Crippen molar-refractivity contribution in [1.82, 2.24) is 10.9 Å². The minimum Gasteiger partial charge on any atom is -0.496 e. The highest BCUT2D eigenvalue weighted by atomic mass is 35.5. The molecular formula is C18H17ClN2O5. The van der Waals surface area contributed by atoms with Gasteiger partial charge in [0.1, 0.15) is 5.75 Å². The summed E-state index contributed by atoms with van der Waals surface area (Å²) in [6.07, 6.45) is -0.0333. The normalized spacial score (nSPS) is 9.92. The van der Waals surface area contributed by atoms with Crippen molar-refractivity contribution in [2.24, 2.45) is 0 Å². The first-order chi connectivity index (χ1) is 12.5. The smallest absolute Gasteiger partial charge is 0.310 e. The maximum Gasteiger partial charge on any atom is 0.310 e. The Labute approximate surface area is 155 Å². The molecule has 0 aliphatic rings. The molecule has 0 aliphatic heterocycles. The molecule has 2 N–H and O–H groups in total. The second-order valence-electron chi connectivity index (χ2n) is 5.16. The summed E-state index contributed by atoms with van der Waals surface area (Å²) in [4.78, 5) is 35.3. The number of carbonyl (C=O) groups excluding carboxylic acids is 3. The van der Waals surface area contributed by atoms with E-state index in [0.29, 0.717) is 21.9 Å². The average molecular weight is 377 g/mol. The molecule has 0 heterocycles. The summed E-state index contributed by atoms with van der Waals surface area (Å²) in [6, 6.07) is 13.1. The van der Waals surface area contributed by atoms with Gasteiger partial charge in [0.2, 0.25) is 0 Å². The number of benzene rings is 2. The lowest BCUT2D eigenvalue weighted by Crippen LogP contribution is -2.43. The van der Waals surface area contributed by atoms with Gasteiger partial charge < -0.3 is 9.47 Å². The number of para-hydroxylation sites is 1. The molecule has 2 rings (SSSR count). The number of amides is 2. The third kappa shape index (κ3) is 5.78. The first-order valence-corrected chi connectivity index (χ1v) is 7.99. The molecule has 8 heteroatoms. The Morgan fingerprint density at radius 3 is 2.38 bits per heavy atom. The lowest BCUT2D eigenvalue weighted by atomic mass is 10.1. The molecule has 0 radical (unpaired) electrons. The second-order valence-corrected chi connectivity index (χ2v) is 5.59. The number of hydrogen-bond acceptors (Lipinski definition) is 5. The van der Waals surface area contributed by atoms with Crippen molar-refractivity contribution in [3.63, 3.8) is 0 Å². The van der Waals surface area contributed by atoms with Crippen molar-refractivity contribution in [1.29, 1.82) is 0 Å². The van der Waals surface area contributed by atoms with E-state index in [9.17, 15) is 14.4 Å². The molecule has 0 saturated heterocycles. The van der Waals surface area contributed by atoms with Gasteiger partial charge in [-0.3, -0.25) is 25.2 Å². The van der Waals surface area contributed by atoms with Gasteiger partial charge in [0.15, 0.2) is 6.61 Å². The topological polar surface area (TPSA) is 93.7 Å². The maximum atomic E-state index is 11.8. The Kier molecular flexibility index (Phi) is 6.99. The predicted molar refractivity (Wildman–Crippen MR) is 94.7 cm³/mol. The number of halogens is 1. The Bertz CT molecular complexity index is 792. The van der Waals surface area contributed by atoms with Crippen LogP contribution in [0.5, 0.6) is 5.75 Å². The van der Waals surface area contributed by atoms with Gasteiger partial charge in [-0.1, -0.05) is 29.8 Å². The Hall–Kier alpha value is -3.06. The standard InChI is InChI=1S/C18H17ClN2O5/c1-25-15-5-3-2-4-13(15)10-17(23)26-11-16(22)20-21-18(24)12-6-8-14(19)9-7-12/h2-9H,10-11H2,1H3,(H,20,22)(H,21,24). The van der Waals surface area contributed by atoms with Crippen molar-refractivity contribution >= 4 is 29.4 Å². The van der Waals surface area contributed by atoms with Crippen molar-refractivity contribution in [3.05, 3.63) is 64.7 Å². The number of esters is 1. The maximum absolute atomic E-state index is 11.8. The van der Waals surface area contributed by atoms with Crippen LogP contribution in [-0.4, -0.2) is 31.5 Å². The zero-order valence-electron chi connectivity index (χ0n) is 14.0. The number of methoxy groups -OCH3 is 1. The van der Waals surface area contributed by atoms with Crippen LogP contribution in [0, 0.1) is 0 Å². The second kappa shape index (κ2) is 9.43. The van der Waals surface area contributed by atoms with E-state index in [-0.39, 0.29) is 6.42 Å². The van der Waals surface area contributed by atoms with E-state index in [1.54, 1.807) is 36.4 Å². The first-order valence-electron chi connectivity index (χ1n) is 7.62. The van der Waals surface area contributed by atoms with Gasteiger partial charge in [0.25, 0.3) is 11.8 Å². The van der Waals surface area contributed by atoms with E-state index in [1.165, 1.54) is 19.2 Å². The Morgan fingerprint density at radius 2 is 1.69 bits per heavy atom. The molecule has 0 aliphatic carbocycles. The fourth-order valence-corrected chi connectivity index (χ4v) is 2.16. The van der Waals surface area contributed by atoms with E-state index in [2.05, 4.69) is 10.9 Å². The molecule has 0 unspecified atom stereocenters. The highest BCUT2D eigenvalue weighted by Gasteiger charge is 2.12. The van der Waals surface area contributed by atoms with Gasteiger partial charge in [-0.25, -0.2) is 0 Å². The molecule has 0 spiro atoms. The number of hydrazine groups is 1. The molecule has 2 aromatic carbocycles. The highest BCUT2D eigenvalue weighted by Crippen LogP contribution is 2.17. The number of ether oxygens (including phenoxy) is 2. The molecule has 136 valence electrons. The van der Waals surface area contributed by atoms with Gasteiger partial charge in [-0.2, -0.15) is 0 Å². The Balaban J connectivity index is 1.75. The lowest BCUT2D eigenvalue weighted by molar-refractivity contribution is -0.148. The molecule has 0 saturated carbocycles. The fourth-order valence-electron chi connectivity index (χ4n) is 2.04. The summed E-state index contributed by atoms with van der Waals surface area (Å²) in [5.74, 6) is -1.21. The van der Waals surface area contributed by atoms with Gasteiger partial charge in [0.05, 0.1) is 13.5 Å². The Morgan fingerprint density at radius 1 is 1.00 bits per heavy atom. The van der Waals surface area contributed by atoms with Crippen LogP contribution >= 0.6 is 11.6 Å². The van der Waals surface area contributed by atoms with E-state index in [1.807, 2.05) is 0 Å². The number of hydrogen-bond donors (Lipinski definition) is 2. The van der Waals surface area contributed by atoms with Crippen LogP contribution < -0.4 is 15.6 Å². The largest absolute Gasteiger partial charge is 0.496 e. The molecule has 2 amide bonds. The van der Waals surface area contributed by atoms with Gasteiger partial charge in [-0.05, 0) is 30.3 Å². The van der Waals surface area contributed by atoms with E-state index in [0.717, 1.165) is 0 Å². The van der Waals surface area contributed by atoms with Crippen LogP contribution in [0.1, 0.15) is 15.9 Å². The molecular weight excluding hydrogens is 360 g/mol. The summed E-state index contributed by atoms with van der Waals surface area (Å²) < 4.78 is 10.0. The van der Waals surface area contributed by atoms with Crippen LogP contribution in [0.3, 0.4) is 0 Å². The number of rotatable bonds is 6. The third-order valence-corrected chi connectivity index (χ3v) is 3.57. The monoisotopic (exact) mass is 376 g/mol. The highest BCUT2D eigenvalue weighted by molar-refractivity contribution is 6.30. The predicted octanol–water partition coefficient (Wildman–Crippen LogP) is 1.90. The summed E-state index contributed by atoms with van der Waals surface area (Å²) >= 11 is 5.73. The minimum atomic E-state index is -0.666. The zero-order chi connectivity index (χ0) is 18.9. The fraction of sp³-hybridized carbons (Fsp3) is 0.167. The van der Waals surface area contributed by atoms with E-state index >= 15 is 0 Å². The van der Waals surface area contributed by atoms with Crippen molar-refractivity contribution < 1.29 is 23.9 Å². The van der Waals surface area contributed by atoms with Crippen LogP contribution in [0.2, 0.25) is 5.02 Å². The quantitative estimate of drug-likeness (QED) is 0.593. The average Bonchev–Trinajstić information content (AvgIpc) is 2.65. The third-order valence-electron chi connectivity index (χ3n) is 3.31. The van der Waals surface area contributed by atoms with Crippen LogP contribution in [-0.2, 0) is 20.7 Å². The minimum absolute atomic E-state index is 0.0333. The van der Waals surface area contributed by atoms with Crippen molar-refractivity contribution in [3.8, 4) is 5.75 Å². The first kappa shape index (κ1) is 19.3. The molecule has 0 bridgehead atoms. The molecule has 2 aromatic rings. The molecule has 0 atom stereocenters. The van der Waals surface area contributed by atoms with Crippen LogP contribution in [0.25, 0.3) is 0 Å². The van der Waals surface area contributed by atoms with Gasteiger partial charge >= 0.3 is 5.97 Å².